The summed E-state index contributed by atoms with van der Waals surface area (Å²) in [6, 6.07) is 7.49. The highest BCUT2D eigenvalue weighted by molar-refractivity contribution is 5.87. The predicted octanol–water partition coefficient (Wildman–Crippen LogP) is 3.37. The molecule has 148 valence electrons. The number of carbonyl (C=O) groups is 1. The van der Waals surface area contributed by atoms with Crippen LogP contribution in [-0.2, 0) is 24.3 Å². The topological polar surface area (TPSA) is 77.1 Å². The van der Waals surface area contributed by atoms with Gasteiger partial charge in [0.05, 0.1) is 5.69 Å². The molecule has 3 aromatic rings. The van der Waals surface area contributed by atoms with E-state index in [1.54, 1.807) is 16.7 Å². The molecule has 0 aliphatic carbocycles. The van der Waals surface area contributed by atoms with Crippen LogP contribution in [-0.4, -0.2) is 25.4 Å². The lowest BCUT2D eigenvalue weighted by Crippen LogP contribution is -2.29. The third kappa shape index (κ3) is 4.13. The van der Waals surface area contributed by atoms with Crippen LogP contribution in [0.2, 0.25) is 0 Å². The quantitative estimate of drug-likeness (QED) is 0.731. The molecule has 0 amide bonds. The zero-order valence-electron chi connectivity index (χ0n) is 16.5. The molecule has 0 aliphatic rings. The highest BCUT2D eigenvalue weighted by Gasteiger charge is 2.18. The Labute approximate surface area is 162 Å². The van der Waals surface area contributed by atoms with Gasteiger partial charge >= 0.3 is 5.97 Å². The third-order valence-corrected chi connectivity index (χ3v) is 4.61. The number of rotatable bonds is 5. The van der Waals surface area contributed by atoms with Gasteiger partial charge in [0, 0.05) is 35.6 Å². The van der Waals surface area contributed by atoms with Gasteiger partial charge in [-0.05, 0) is 42.2 Å². The number of aliphatic carboxylic acids is 1. The van der Waals surface area contributed by atoms with E-state index in [-0.39, 0.29) is 23.3 Å². The molecule has 7 heteroatoms. The summed E-state index contributed by atoms with van der Waals surface area (Å²) < 4.78 is 17.0. The summed E-state index contributed by atoms with van der Waals surface area (Å²) in [7, 11) is 0. The van der Waals surface area contributed by atoms with Crippen molar-refractivity contribution in [1.29, 1.82) is 0 Å². The maximum Gasteiger partial charge on any atom is 0.323 e. The first-order valence-electron chi connectivity index (χ1n) is 9.11. The summed E-state index contributed by atoms with van der Waals surface area (Å²) in [4.78, 5) is 23.4. The maximum absolute atomic E-state index is 13.9. The van der Waals surface area contributed by atoms with Crippen LogP contribution in [0, 0.1) is 18.2 Å². The van der Waals surface area contributed by atoms with Crippen molar-refractivity contribution in [2.75, 3.05) is 0 Å². The van der Waals surface area contributed by atoms with Crippen molar-refractivity contribution in [2.24, 2.45) is 5.41 Å². The second-order valence-electron chi connectivity index (χ2n) is 8.26. The minimum absolute atomic E-state index is 0.105. The Bertz CT molecular complexity index is 1110. The fraction of sp³-hybridized carbons (Fsp3) is 0.381. The molecule has 0 aliphatic heterocycles. The summed E-state index contributed by atoms with van der Waals surface area (Å²) >= 11 is 0. The molecule has 0 saturated carbocycles. The Morgan fingerprint density at radius 2 is 1.93 bits per heavy atom. The SMILES string of the molecule is Cc1c(Cc2ccc(=O)n(CC(C)(C)C)n2)c2cc(F)ccc2n1CC(=O)O. The molecule has 3 rings (SSSR count). The largest absolute Gasteiger partial charge is 0.480 e. The van der Waals surface area contributed by atoms with Gasteiger partial charge in [0.1, 0.15) is 12.4 Å². The zero-order chi connectivity index (χ0) is 20.6. The Hall–Kier alpha value is -2.96. The van der Waals surface area contributed by atoms with Crippen LogP contribution in [0.3, 0.4) is 0 Å². The van der Waals surface area contributed by atoms with Crippen molar-refractivity contribution in [3.05, 3.63) is 63.5 Å². The van der Waals surface area contributed by atoms with Crippen molar-refractivity contribution in [3.8, 4) is 0 Å². The van der Waals surface area contributed by atoms with Crippen molar-refractivity contribution in [3.63, 3.8) is 0 Å². The van der Waals surface area contributed by atoms with Crippen LogP contribution in [0.4, 0.5) is 4.39 Å². The fourth-order valence-electron chi connectivity index (χ4n) is 3.42. The molecular weight excluding hydrogens is 361 g/mol. The number of carboxylic acids is 1. The van der Waals surface area contributed by atoms with E-state index in [2.05, 4.69) is 5.10 Å². The molecule has 2 heterocycles. The normalized spacial score (nSPS) is 11.9. The van der Waals surface area contributed by atoms with E-state index in [0.717, 1.165) is 11.3 Å². The number of aromatic nitrogens is 3. The molecule has 6 nitrogen and oxygen atoms in total. The maximum atomic E-state index is 13.9. The summed E-state index contributed by atoms with van der Waals surface area (Å²) in [6.45, 7) is 8.18. The fourth-order valence-corrected chi connectivity index (χ4v) is 3.42. The number of hydrogen-bond donors (Lipinski definition) is 1. The van der Waals surface area contributed by atoms with Crippen molar-refractivity contribution in [1.82, 2.24) is 14.3 Å². The zero-order valence-corrected chi connectivity index (χ0v) is 16.5. The van der Waals surface area contributed by atoms with Crippen LogP contribution in [0.15, 0.2) is 35.1 Å². The third-order valence-electron chi connectivity index (χ3n) is 4.61. The molecule has 0 radical (unpaired) electrons. The molecule has 0 unspecified atom stereocenters. The number of fused-ring (bicyclic) bond motifs is 1. The van der Waals surface area contributed by atoms with E-state index in [1.165, 1.54) is 22.9 Å². The van der Waals surface area contributed by atoms with Gasteiger partial charge in [-0.1, -0.05) is 20.8 Å². The van der Waals surface area contributed by atoms with E-state index < -0.39 is 5.97 Å². The van der Waals surface area contributed by atoms with Gasteiger partial charge in [-0.15, -0.1) is 0 Å². The monoisotopic (exact) mass is 385 g/mol. The summed E-state index contributed by atoms with van der Waals surface area (Å²) in [5.41, 5.74) is 2.62. The average Bonchev–Trinajstić information content (AvgIpc) is 2.81. The Morgan fingerprint density at radius 3 is 2.57 bits per heavy atom. The summed E-state index contributed by atoms with van der Waals surface area (Å²) in [6.07, 6.45) is 0.378. The molecule has 0 fully saturated rings. The molecule has 2 aromatic heterocycles. The molecule has 0 spiro atoms. The smallest absolute Gasteiger partial charge is 0.323 e. The molecule has 1 aromatic carbocycles. The van der Waals surface area contributed by atoms with Crippen molar-refractivity contribution in [2.45, 2.75) is 47.2 Å². The molecular formula is C21H24FN3O3. The minimum atomic E-state index is -0.965. The Balaban J connectivity index is 2.09. The summed E-state index contributed by atoms with van der Waals surface area (Å²) in [5.74, 6) is -1.35. The van der Waals surface area contributed by atoms with E-state index in [4.69, 9.17) is 0 Å². The lowest BCUT2D eigenvalue weighted by molar-refractivity contribution is -0.137. The van der Waals surface area contributed by atoms with E-state index >= 15 is 0 Å². The van der Waals surface area contributed by atoms with Crippen LogP contribution >= 0.6 is 0 Å². The first-order valence-corrected chi connectivity index (χ1v) is 9.11. The van der Waals surface area contributed by atoms with E-state index in [9.17, 15) is 19.1 Å². The molecule has 28 heavy (non-hydrogen) atoms. The van der Waals surface area contributed by atoms with Crippen LogP contribution < -0.4 is 5.56 Å². The van der Waals surface area contributed by atoms with Gasteiger partial charge in [0.25, 0.3) is 5.56 Å². The van der Waals surface area contributed by atoms with Gasteiger partial charge in [-0.3, -0.25) is 9.59 Å². The second kappa shape index (κ2) is 7.22. The van der Waals surface area contributed by atoms with Crippen molar-refractivity contribution < 1.29 is 14.3 Å². The minimum Gasteiger partial charge on any atom is -0.480 e. The van der Waals surface area contributed by atoms with Gasteiger partial charge in [0.2, 0.25) is 0 Å². The van der Waals surface area contributed by atoms with E-state index in [1.807, 2.05) is 27.7 Å². The van der Waals surface area contributed by atoms with E-state index in [0.29, 0.717) is 29.6 Å². The first-order chi connectivity index (χ1) is 13.0. The van der Waals surface area contributed by atoms with Crippen LogP contribution in [0.5, 0.6) is 0 Å². The van der Waals surface area contributed by atoms with Gasteiger partial charge < -0.3 is 9.67 Å². The van der Waals surface area contributed by atoms with Gasteiger partial charge in [0.15, 0.2) is 0 Å². The number of nitrogens with zero attached hydrogens (tertiary/aromatic N) is 3. The standard InChI is InChI=1S/C21H24FN3O3/c1-13-16(10-15-6-8-19(26)25(23-15)12-21(2,3)4)17-9-14(22)5-7-18(17)24(13)11-20(27)28/h5-9H,10-12H2,1-4H3,(H,27,28). The Kier molecular flexibility index (Phi) is 5.10. The molecule has 1 N–H and O–H groups in total. The predicted molar refractivity (Wildman–Crippen MR) is 105 cm³/mol. The molecule has 0 saturated heterocycles. The molecule has 0 atom stereocenters. The lowest BCUT2D eigenvalue weighted by Gasteiger charge is -2.19. The number of carboxylic acid groups (broad SMARTS) is 1. The van der Waals surface area contributed by atoms with Crippen LogP contribution in [0.25, 0.3) is 10.9 Å². The summed E-state index contributed by atoms with van der Waals surface area (Å²) in [5, 5.41) is 14.4. The second-order valence-corrected chi connectivity index (χ2v) is 8.26. The van der Waals surface area contributed by atoms with Crippen LogP contribution in [0.1, 0.15) is 37.7 Å². The van der Waals surface area contributed by atoms with Crippen molar-refractivity contribution >= 4 is 16.9 Å². The lowest BCUT2D eigenvalue weighted by atomic mass is 9.97. The highest BCUT2D eigenvalue weighted by atomic mass is 19.1. The number of hydrogen-bond acceptors (Lipinski definition) is 3. The highest BCUT2D eigenvalue weighted by Crippen LogP contribution is 2.28. The van der Waals surface area contributed by atoms with Gasteiger partial charge in [-0.25, -0.2) is 9.07 Å². The average molecular weight is 385 g/mol. The molecule has 0 bridgehead atoms. The number of halogens is 1. The number of benzene rings is 1. The first kappa shape index (κ1) is 19.8. The van der Waals surface area contributed by atoms with Gasteiger partial charge in [-0.2, -0.15) is 5.10 Å². The Morgan fingerprint density at radius 1 is 1.21 bits per heavy atom.